The van der Waals surface area contributed by atoms with E-state index in [0.717, 1.165) is 61.1 Å². The molecule has 0 bridgehead atoms. The Morgan fingerprint density at radius 3 is 2.02 bits per heavy atom. The number of halogens is 6. The fraction of sp³-hybridized carbons (Fsp3) is 0.391. The largest absolute Gasteiger partial charge is 0.490 e. The van der Waals surface area contributed by atoms with E-state index in [1.165, 1.54) is 4.88 Å². The molecule has 0 atom stereocenters. The highest BCUT2D eigenvalue weighted by Gasteiger charge is 2.38. The molecule has 5 rings (SSSR count). The number of hydrogen-bond donors (Lipinski definition) is 2. The molecule has 2 N–H and O–H groups in total. The monoisotopic (exact) mass is 622 g/mol. The number of alkyl halides is 6. The maximum Gasteiger partial charge on any atom is 0.490 e. The van der Waals surface area contributed by atoms with Crippen molar-refractivity contribution >= 4 is 34.7 Å². The average molecular weight is 623 g/mol. The number of aryl methyl sites for hydroxylation is 2. The van der Waals surface area contributed by atoms with Crippen LogP contribution < -0.4 is 4.90 Å². The van der Waals surface area contributed by atoms with Gasteiger partial charge in [-0.25, -0.2) is 24.5 Å². The Hall–Kier alpha value is -4.26. The maximum atomic E-state index is 10.6. The molecule has 0 aromatic carbocycles. The molecule has 1 aliphatic heterocycles. The van der Waals surface area contributed by atoms with Crippen LogP contribution in [0.25, 0.3) is 16.9 Å². The number of imidazole rings is 1. The Morgan fingerprint density at radius 2 is 1.55 bits per heavy atom. The quantitative estimate of drug-likeness (QED) is 0.325. The third kappa shape index (κ3) is 8.38. The van der Waals surface area contributed by atoms with Crippen LogP contribution in [-0.4, -0.2) is 94.7 Å². The molecule has 12 nitrogen and oxygen atoms in total. The lowest BCUT2D eigenvalue weighted by molar-refractivity contribution is -0.193. The molecule has 1 fully saturated rings. The van der Waals surface area contributed by atoms with Crippen LogP contribution in [0.4, 0.5) is 32.2 Å². The lowest BCUT2D eigenvalue weighted by Gasteiger charge is -2.35. The van der Waals surface area contributed by atoms with Crippen molar-refractivity contribution in [3.05, 3.63) is 47.1 Å². The van der Waals surface area contributed by atoms with Gasteiger partial charge in [0.1, 0.15) is 0 Å². The van der Waals surface area contributed by atoms with Gasteiger partial charge in [0, 0.05) is 68.8 Å². The van der Waals surface area contributed by atoms with E-state index < -0.39 is 24.3 Å². The van der Waals surface area contributed by atoms with E-state index >= 15 is 0 Å². The van der Waals surface area contributed by atoms with Crippen molar-refractivity contribution < 1.29 is 46.1 Å². The van der Waals surface area contributed by atoms with Gasteiger partial charge in [-0.3, -0.25) is 14.0 Å². The molecule has 0 unspecified atom stereocenters. The molecule has 4 aromatic heterocycles. The predicted molar refractivity (Wildman–Crippen MR) is 137 cm³/mol. The number of hydrogen-bond acceptors (Lipinski definition) is 9. The lowest BCUT2D eigenvalue weighted by Crippen LogP contribution is -2.46. The molecule has 5 heterocycles. The summed E-state index contributed by atoms with van der Waals surface area (Å²) in [7, 11) is 1.92. The van der Waals surface area contributed by atoms with E-state index in [2.05, 4.69) is 41.2 Å². The number of carboxylic acids is 2. The number of rotatable bonds is 4. The first-order valence-corrected chi connectivity index (χ1v) is 12.7. The Morgan fingerprint density at radius 1 is 0.952 bits per heavy atom. The number of carboxylic acid groups (broad SMARTS) is 2. The summed E-state index contributed by atoms with van der Waals surface area (Å²) in [5.74, 6) is -4.56. The van der Waals surface area contributed by atoms with Gasteiger partial charge in [-0.1, -0.05) is 0 Å². The van der Waals surface area contributed by atoms with Crippen LogP contribution in [0.3, 0.4) is 0 Å². The van der Waals surface area contributed by atoms with Gasteiger partial charge in [0.15, 0.2) is 11.5 Å². The second kappa shape index (κ2) is 13.1. The maximum absolute atomic E-state index is 10.6. The molecule has 42 heavy (non-hydrogen) atoms. The summed E-state index contributed by atoms with van der Waals surface area (Å²) in [6.07, 6.45) is -0.568. The highest BCUT2D eigenvalue weighted by molar-refractivity contribution is 7.09. The average Bonchev–Trinajstić information content (AvgIpc) is 3.64. The Balaban J connectivity index is 0.000000289. The molecule has 19 heteroatoms. The first-order chi connectivity index (χ1) is 19.6. The van der Waals surface area contributed by atoms with Crippen LogP contribution in [0.15, 0.2) is 36.5 Å². The summed E-state index contributed by atoms with van der Waals surface area (Å²) in [6, 6.07) is 0. The number of piperazine rings is 1. The molecular weight excluding hydrogens is 598 g/mol. The number of anilines is 1. The predicted octanol–water partition coefficient (Wildman–Crippen LogP) is 3.48. The van der Waals surface area contributed by atoms with E-state index in [1.807, 2.05) is 43.5 Å². The normalized spacial score (nSPS) is 14.1. The zero-order valence-corrected chi connectivity index (χ0v) is 22.8. The van der Waals surface area contributed by atoms with E-state index in [0.29, 0.717) is 0 Å². The number of nitrogens with zero attached hydrogens (tertiary/aromatic N) is 8. The highest BCUT2D eigenvalue weighted by atomic mass is 32.1. The van der Waals surface area contributed by atoms with Gasteiger partial charge in [0.2, 0.25) is 0 Å². The van der Waals surface area contributed by atoms with Gasteiger partial charge >= 0.3 is 24.3 Å². The zero-order valence-electron chi connectivity index (χ0n) is 22.0. The summed E-state index contributed by atoms with van der Waals surface area (Å²) >= 11 is 1.75. The summed E-state index contributed by atoms with van der Waals surface area (Å²) in [4.78, 5) is 37.7. The van der Waals surface area contributed by atoms with Crippen molar-refractivity contribution in [1.29, 1.82) is 0 Å². The topological polar surface area (TPSA) is 142 Å². The fourth-order valence-electron chi connectivity index (χ4n) is 3.69. The molecule has 228 valence electrons. The minimum Gasteiger partial charge on any atom is -0.475 e. The highest BCUT2D eigenvalue weighted by Crippen LogP contribution is 2.26. The van der Waals surface area contributed by atoms with Crippen LogP contribution in [0, 0.1) is 6.92 Å². The number of carbonyl (C=O) groups is 2. The van der Waals surface area contributed by atoms with Crippen LogP contribution in [-0.2, 0) is 23.2 Å². The molecule has 0 saturated carbocycles. The molecule has 1 aliphatic rings. The van der Waals surface area contributed by atoms with Gasteiger partial charge < -0.3 is 15.1 Å². The number of aliphatic carboxylic acids is 2. The number of fused-ring (bicyclic) bond motifs is 1. The Bertz CT molecular complexity index is 1480. The van der Waals surface area contributed by atoms with E-state index in [-0.39, 0.29) is 0 Å². The van der Waals surface area contributed by atoms with Gasteiger partial charge in [-0.05, 0) is 6.92 Å². The molecule has 0 aliphatic carbocycles. The van der Waals surface area contributed by atoms with Crippen molar-refractivity contribution in [2.45, 2.75) is 25.8 Å². The lowest BCUT2D eigenvalue weighted by atomic mass is 10.2. The number of aromatic nitrogens is 6. The first-order valence-electron chi connectivity index (χ1n) is 11.9. The van der Waals surface area contributed by atoms with Crippen molar-refractivity contribution in [3.63, 3.8) is 0 Å². The van der Waals surface area contributed by atoms with Crippen LogP contribution in [0.2, 0.25) is 0 Å². The minimum atomic E-state index is -5.08. The van der Waals surface area contributed by atoms with Gasteiger partial charge in [-0.15, -0.1) is 11.3 Å². The second-order valence-electron chi connectivity index (χ2n) is 8.72. The summed E-state index contributed by atoms with van der Waals surface area (Å²) < 4.78 is 67.4. The molecule has 0 radical (unpaired) electrons. The van der Waals surface area contributed by atoms with Crippen molar-refractivity contribution in [1.82, 2.24) is 34.0 Å². The van der Waals surface area contributed by atoms with Gasteiger partial charge in [0.05, 0.1) is 29.3 Å². The summed E-state index contributed by atoms with van der Waals surface area (Å²) in [5.41, 5.74) is 6.07. The first kappa shape index (κ1) is 32.3. The molecular formula is C23H24F6N8O4S. The fourth-order valence-corrected chi connectivity index (χ4v) is 4.51. The van der Waals surface area contributed by atoms with Crippen LogP contribution in [0.1, 0.15) is 10.6 Å². The third-order valence-corrected chi connectivity index (χ3v) is 6.70. The summed E-state index contributed by atoms with van der Waals surface area (Å²) in [5, 5.41) is 18.5. The van der Waals surface area contributed by atoms with Crippen molar-refractivity contribution in [2.24, 2.45) is 7.05 Å². The summed E-state index contributed by atoms with van der Waals surface area (Å²) in [6.45, 7) is 6.98. The third-order valence-electron chi connectivity index (χ3n) is 5.78. The Labute approximate surface area is 237 Å². The molecule has 0 spiro atoms. The minimum absolute atomic E-state index is 0.896. The van der Waals surface area contributed by atoms with E-state index in [9.17, 15) is 26.3 Å². The van der Waals surface area contributed by atoms with Gasteiger partial charge in [0.25, 0.3) is 0 Å². The van der Waals surface area contributed by atoms with E-state index in [1.54, 1.807) is 16.0 Å². The smallest absolute Gasteiger partial charge is 0.475 e. The number of thiazole rings is 1. The second-order valence-corrected chi connectivity index (χ2v) is 9.66. The molecule has 4 aromatic rings. The molecule has 0 amide bonds. The van der Waals surface area contributed by atoms with Crippen molar-refractivity contribution in [2.75, 3.05) is 31.1 Å². The van der Waals surface area contributed by atoms with E-state index in [4.69, 9.17) is 19.8 Å². The standard InChI is InChI=1S/C19H22N8S.2C2HF3O2/c1-14-17(28-13-22-14)12-25-5-7-26(8-6-25)18-19-21-10-16(27(19)4-3-20-18)15-9-23-24(2)11-15;2*3-2(4,5)1(6)7/h3-4,9-11,13H,5-8,12H2,1-2H3;2*(H,6,7). The van der Waals surface area contributed by atoms with Crippen LogP contribution >= 0.6 is 11.3 Å². The molecule has 1 saturated heterocycles. The SMILES string of the molecule is Cc1ncsc1CN1CCN(c2nccn3c(-c4cnn(C)c4)cnc23)CC1.O=C(O)C(F)(F)F.O=C(O)C(F)(F)F. The van der Waals surface area contributed by atoms with Gasteiger partial charge in [-0.2, -0.15) is 31.4 Å². The van der Waals surface area contributed by atoms with Crippen molar-refractivity contribution in [3.8, 4) is 11.3 Å². The van der Waals surface area contributed by atoms with Crippen LogP contribution in [0.5, 0.6) is 0 Å². The Kier molecular flexibility index (Phi) is 10.1. The zero-order chi connectivity index (χ0) is 31.2.